The van der Waals surface area contributed by atoms with Gasteiger partial charge in [0.25, 0.3) is 0 Å². The van der Waals surface area contributed by atoms with E-state index in [-0.39, 0.29) is 12.5 Å². The summed E-state index contributed by atoms with van der Waals surface area (Å²) in [6.07, 6.45) is 54.5. The first-order valence-corrected chi connectivity index (χ1v) is 24.1. The Morgan fingerprint density at radius 2 is 0.759 bits per heavy atom. The molecule has 5 nitrogen and oxygen atoms in total. The number of unbranched alkanes of at least 4 members (excludes halogenated alkanes) is 32. The summed E-state index contributed by atoms with van der Waals surface area (Å²) in [5.74, 6) is -0.154. The minimum Gasteiger partial charge on any atom is -0.394 e. The summed E-state index contributed by atoms with van der Waals surface area (Å²) in [6.45, 7) is 4.18. The number of aliphatic hydroxyl groups excluding tert-OH is 3. The fourth-order valence-electron chi connectivity index (χ4n) is 7.53. The predicted molar refractivity (Wildman–Crippen MR) is 236 cm³/mol. The van der Waals surface area contributed by atoms with Crippen LogP contribution in [0.15, 0.2) is 24.3 Å². The standard InChI is InChI=1S/C49H95NO4/c1-3-5-7-9-11-13-15-17-19-21-22-23-24-25-26-27-28-30-32-34-36-38-40-42-44-48(53)50-46(45-51)49(54)47(52)43-41-39-37-35-33-31-29-20-18-16-14-12-10-8-6-4-2/h20,29,35,37,46-47,49,51-52,54H,3-19,21-28,30-34,36,38-45H2,1-2H3,(H,50,53)/b29-20+,37-35+. The van der Waals surface area contributed by atoms with Crippen LogP contribution in [0.25, 0.3) is 0 Å². The third-order valence-electron chi connectivity index (χ3n) is 11.3. The number of aliphatic hydroxyl groups is 3. The Kier molecular flexibility index (Phi) is 43.6. The van der Waals surface area contributed by atoms with E-state index in [1.165, 1.54) is 186 Å². The Labute approximate surface area is 337 Å². The van der Waals surface area contributed by atoms with Gasteiger partial charge in [0.1, 0.15) is 6.10 Å². The molecule has 0 bridgehead atoms. The van der Waals surface area contributed by atoms with Gasteiger partial charge in [0.2, 0.25) is 5.91 Å². The van der Waals surface area contributed by atoms with Gasteiger partial charge in [-0.15, -0.1) is 0 Å². The zero-order chi connectivity index (χ0) is 39.4. The molecular weight excluding hydrogens is 667 g/mol. The number of carbonyl (C=O) groups is 1. The summed E-state index contributed by atoms with van der Waals surface area (Å²) in [5, 5.41) is 33.6. The third-order valence-corrected chi connectivity index (χ3v) is 11.3. The first-order valence-electron chi connectivity index (χ1n) is 24.1. The second kappa shape index (κ2) is 44.5. The maximum absolute atomic E-state index is 12.5. The van der Waals surface area contributed by atoms with Crippen LogP contribution in [0, 0.1) is 0 Å². The van der Waals surface area contributed by atoms with Crippen molar-refractivity contribution in [3.63, 3.8) is 0 Å². The average Bonchev–Trinajstić information content (AvgIpc) is 3.18. The molecule has 0 aliphatic rings. The van der Waals surface area contributed by atoms with Gasteiger partial charge in [-0.1, -0.05) is 224 Å². The minimum atomic E-state index is -1.16. The Balaban J connectivity index is 3.59. The van der Waals surface area contributed by atoms with Gasteiger partial charge in [-0.2, -0.15) is 0 Å². The summed E-state index contributed by atoms with van der Waals surface area (Å²) in [4.78, 5) is 12.5. The molecule has 3 unspecified atom stereocenters. The van der Waals surface area contributed by atoms with Crippen LogP contribution >= 0.6 is 0 Å². The van der Waals surface area contributed by atoms with E-state index in [0.29, 0.717) is 12.8 Å². The van der Waals surface area contributed by atoms with Crippen LogP contribution in [0.1, 0.15) is 258 Å². The van der Waals surface area contributed by atoms with E-state index in [4.69, 9.17) is 0 Å². The second-order valence-corrected chi connectivity index (χ2v) is 16.7. The first kappa shape index (κ1) is 52.8. The highest BCUT2D eigenvalue weighted by atomic mass is 16.3. The van der Waals surface area contributed by atoms with Gasteiger partial charge in [0, 0.05) is 6.42 Å². The Morgan fingerprint density at radius 3 is 1.13 bits per heavy atom. The van der Waals surface area contributed by atoms with Crippen LogP contribution in [-0.2, 0) is 4.79 Å². The fraction of sp³-hybridized carbons (Fsp3) is 0.898. The van der Waals surface area contributed by atoms with Gasteiger partial charge in [0.05, 0.1) is 18.8 Å². The molecule has 0 saturated carbocycles. The van der Waals surface area contributed by atoms with Crippen molar-refractivity contribution < 1.29 is 20.1 Å². The van der Waals surface area contributed by atoms with Crippen LogP contribution in [0.2, 0.25) is 0 Å². The molecule has 1 amide bonds. The van der Waals surface area contributed by atoms with Crippen molar-refractivity contribution in [1.82, 2.24) is 5.32 Å². The lowest BCUT2D eigenvalue weighted by Gasteiger charge is -2.26. The molecule has 0 fully saturated rings. The van der Waals surface area contributed by atoms with Crippen LogP contribution in [0.5, 0.6) is 0 Å². The van der Waals surface area contributed by atoms with Gasteiger partial charge in [-0.3, -0.25) is 4.79 Å². The highest BCUT2D eigenvalue weighted by Crippen LogP contribution is 2.17. The molecule has 0 aromatic heterocycles. The molecule has 0 spiro atoms. The SMILES string of the molecule is CCCCCCCCC/C=C/CC/C=C/CCCC(O)C(O)C(CO)NC(=O)CCCCCCCCCCCCCCCCCCCCCCCCCC. The first-order chi connectivity index (χ1) is 26.6. The summed E-state index contributed by atoms with van der Waals surface area (Å²) in [7, 11) is 0. The van der Waals surface area contributed by atoms with Crippen LogP contribution in [0.3, 0.4) is 0 Å². The van der Waals surface area contributed by atoms with Crippen LogP contribution in [-0.4, -0.2) is 46.1 Å². The van der Waals surface area contributed by atoms with Crippen LogP contribution < -0.4 is 5.32 Å². The topological polar surface area (TPSA) is 89.8 Å². The molecule has 4 N–H and O–H groups in total. The molecule has 0 aromatic rings. The highest BCUT2D eigenvalue weighted by molar-refractivity contribution is 5.76. The molecule has 0 radical (unpaired) electrons. The Morgan fingerprint density at radius 1 is 0.444 bits per heavy atom. The number of carbonyl (C=O) groups excluding carboxylic acids is 1. The molecule has 0 aliphatic carbocycles. The molecular formula is C49H95NO4. The average molecular weight is 762 g/mol. The summed E-state index contributed by atoms with van der Waals surface area (Å²) in [6, 6.07) is -0.828. The van der Waals surface area contributed by atoms with Crippen molar-refractivity contribution in [3.05, 3.63) is 24.3 Å². The summed E-state index contributed by atoms with van der Waals surface area (Å²) >= 11 is 0. The molecule has 5 heteroatoms. The van der Waals surface area contributed by atoms with E-state index in [9.17, 15) is 20.1 Å². The van der Waals surface area contributed by atoms with Gasteiger partial charge < -0.3 is 20.6 Å². The molecule has 0 saturated heterocycles. The van der Waals surface area contributed by atoms with Gasteiger partial charge in [0.15, 0.2) is 0 Å². The fourth-order valence-corrected chi connectivity index (χ4v) is 7.53. The van der Waals surface area contributed by atoms with E-state index >= 15 is 0 Å². The normalized spacial score (nSPS) is 13.6. The number of hydrogen-bond acceptors (Lipinski definition) is 4. The third kappa shape index (κ3) is 39.1. The number of rotatable bonds is 44. The molecule has 54 heavy (non-hydrogen) atoms. The monoisotopic (exact) mass is 762 g/mol. The van der Waals surface area contributed by atoms with Crippen molar-refractivity contribution in [2.45, 2.75) is 276 Å². The lowest BCUT2D eigenvalue weighted by Crippen LogP contribution is -2.50. The number of allylic oxidation sites excluding steroid dienone is 4. The molecule has 320 valence electrons. The summed E-state index contributed by atoms with van der Waals surface area (Å²) < 4.78 is 0. The van der Waals surface area contributed by atoms with Crippen molar-refractivity contribution in [2.24, 2.45) is 0 Å². The minimum absolute atomic E-state index is 0.154. The zero-order valence-corrected chi connectivity index (χ0v) is 36.4. The number of nitrogens with one attached hydrogen (secondary N) is 1. The lowest BCUT2D eigenvalue weighted by atomic mass is 10.0. The largest absolute Gasteiger partial charge is 0.394 e. The van der Waals surface area contributed by atoms with Crippen molar-refractivity contribution in [1.29, 1.82) is 0 Å². The Hall–Kier alpha value is -1.17. The van der Waals surface area contributed by atoms with Crippen molar-refractivity contribution >= 4 is 5.91 Å². The van der Waals surface area contributed by atoms with E-state index in [1.54, 1.807) is 0 Å². The van der Waals surface area contributed by atoms with Gasteiger partial charge in [-0.05, 0) is 51.4 Å². The predicted octanol–water partition coefficient (Wildman–Crippen LogP) is 14.2. The second-order valence-electron chi connectivity index (χ2n) is 16.7. The summed E-state index contributed by atoms with van der Waals surface area (Å²) in [5.41, 5.74) is 0. The molecule has 3 atom stereocenters. The van der Waals surface area contributed by atoms with E-state index in [1.807, 2.05) is 0 Å². The zero-order valence-electron chi connectivity index (χ0n) is 36.4. The number of amides is 1. The number of hydrogen-bond donors (Lipinski definition) is 4. The van der Waals surface area contributed by atoms with E-state index in [0.717, 1.165) is 44.9 Å². The Bertz CT molecular complexity index is 799. The van der Waals surface area contributed by atoms with E-state index in [2.05, 4.69) is 43.5 Å². The molecule has 0 aromatic carbocycles. The molecule has 0 heterocycles. The highest BCUT2D eigenvalue weighted by Gasteiger charge is 2.26. The van der Waals surface area contributed by atoms with Crippen LogP contribution in [0.4, 0.5) is 0 Å². The molecule has 0 aliphatic heterocycles. The van der Waals surface area contributed by atoms with Gasteiger partial charge >= 0.3 is 0 Å². The van der Waals surface area contributed by atoms with Crippen molar-refractivity contribution in [3.8, 4) is 0 Å². The van der Waals surface area contributed by atoms with Crippen molar-refractivity contribution in [2.75, 3.05) is 6.61 Å². The quantitative estimate of drug-likeness (QED) is 0.0368. The smallest absolute Gasteiger partial charge is 0.220 e. The maximum Gasteiger partial charge on any atom is 0.220 e. The van der Waals surface area contributed by atoms with E-state index < -0.39 is 18.2 Å². The lowest BCUT2D eigenvalue weighted by molar-refractivity contribution is -0.124. The maximum atomic E-state index is 12.5. The van der Waals surface area contributed by atoms with Gasteiger partial charge in [-0.25, -0.2) is 0 Å². The molecule has 0 rings (SSSR count).